The maximum Gasteiger partial charge on any atom is 0.239 e. The van der Waals surface area contributed by atoms with Crippen LogP contribution in [0.15, 0.2) is 5.38 Å². The van der Waals surface area contributed by atoms with Crippen molar-refractivity contribution in [2.24, 2.45) is 0 Å². The van der Waals surface area contributed by atoms with E-state index in [0.717, 1.165) is 43.2 Å². The summed E-state index contributed by atoms with van der Waals surface area (Å²) in [6.45, 7) is 6.56. The molecule has 0 saturated carbocycles. The van der Waals surface area contributed by atoms with Gasteiger partial charge < -0.3 is 5.32 Å². The van der Waals surface area contributed by atoms with E-state index in [4.69, 9.17) is 11.6 Å². The van der Waals surface area contributed by atoms with Crippen molar-refractivity contribution < 1.29 is 4.79 Å². The maximum atomic E-state index is 11.8. The van der Waals surface area contributed by atoms with Crippen LogP contribution in [-0.4, -0.2) is 41.0 Å². The standard InChI is InChI=1S/C13H20ClN3OS/c1-13(2)12(18)15-5-7-17(13)6-3-4-11-16-10(8-14)9-19-11/h9H,3-8H2,1-2H3,(H,15,18). The van der Waals surface area contributed by atoms with Gasteiger partial charge in [-0.3, -0.25) is 9.69 Å². The van der Waals surface area contributed by atoms with Crippen molar-refractivity contribution in [3.05, 3.63) is 16.1 Å². The zero-order valence-electron chi connectivity index (χ0n) is 11.4. The monoisotopic (exact) mass is 301 g/mol. The zero-order valence-corrected chi connectivity index (χ0v) is 13.0. The van der Waals surface area contributed by atoms with Gasteiger partial charge in [0.15, 0.2) is 0 Å². The first-order valence-electron chi connectivity index (χ1n) is 6.56. The van der Waals surface area contributed by atoms with E-state index in [-0.39, 0.29) is 5.91 Å². The van der Waals surface area contributed by atoms with Crippen molar-refractivity contribution >= 4 is 28.8 Å². The molecule has 1 N–H and O–H groups in total. The topological polar surface area (TPSA) is 45.2 Å². The molecule has 0 atom stereocenters. The fourth-order valence-corrected chi connectivity index (χ4v) is 3.35. The number of carbonyl (C=O) groups excluding carboxylic acids is 1. The van der Waals surface area contributed by atoms with E-state index in [1.54, 1.807) is 11.3 Å². The molecule has 0 aliphatic carbocycles. The summed E-state index contributed by atoms with van der Waals surface area (Å²) >= 11 is 7.41. The van der Waals surface area contributed by atoms with Gasteiger partial charge in [0, 0.05) is 24.9 Å². The smallest absolute Gasteiger partial charge is 0.239 e. The molecule has 1 fully saturated rings. The Morgan fingerprint density at radius 2 is 2.37 bits per heavy atom. The second kappa shape index (κ2) is 6.20. The molecular formula is C13H20ClN3OS. The highest BCUT2D eigenvalue weighted by atomic mass is 35.5. The first-order chi connectivity index (χ1) is 9.04. The second-order valence-electron chi connectivity index (χ2n) is 5.27. The van der Waals surface area contributed by atoms with Crippen LogP contribution in [-0.2, 0) is 17.1 Å². The van der Waals surface area contributed by atoms with Crippen LogP contribution in [0.4, 0.5) is 0 Å². The van der Waals surface area contributed by atoms with E-state index >= 15 is 0 Å². The molecule has 0 unspecified atom stereocenters. The molecule has 0 bridgehead atoms. The van der Waals surface area contributed by atoms with Gasteiger partial charge in [-0.15, -0.1) is 22.9 Å². The van der Waals surface area contributed by atoms with E-state index in [9.17, 15) is 4.79 Å². The van der Waals surface area contributed by atoms with Crippen LogP contribution in [0, 0.1) is 0 Å². The fraction of sp³-hybridized carbons (Fsp3) is 0.692. The summed E-state index contributed by atoms with van der Waals surface area (Å²) in [6, 6.07) is 0. The molecule has 2 heterocycles. The number of halogens is 1. The quantitative estimate of drug-likeness (QED) is 0.847. The van der Waals surface area contributed by atoms with Gasteiger partial charge in [-0.25, -0.2) is 4.98 Å². The third-order valence-corrected chi connectivity index (χ3v) is 4.80. The summed E-state index contributed by atoms with van der Waals surface area (Å²) in [5.74, 6) is 0.605. The van der Waals surface area contributed by atoms with Crippen LogP contribution in [0.1, 0.15) is 31.0 Å². The number of piperazine rings is 1. The van der Waals surface area contributed by atoms with E-state index in [1.165, 1.54) is 0 Å². The van der Waals surface area contributed by atoms with Crippen molar-refractivity contribution in [3.8, 4) is 0 Å². The minimum absolute atomic E-state index is 0.123. The minimum atomic E-state index is -0.400. The van der Waals surface area contributed by atoms with Crippen molar-refractivity contribution in [2.45, 2.75) is 38.1 Å². The lowest BCUT2D eigenvalue weighted by Gasteiger charge is -2.41. The van der Waals surface area contributed by atoms with Gasteiger partial charge in [-0.1, -0.05) is 0 Å². The van der Waals surface area contributed by atoms with Crippen LogP contribution in [0.5, 0.6) is 0 Å². The highest BCUT2D eigenvalue weighted by Gasteiger charge is 2.36. The number of carbonyl (C=O) groups is 1. The van der Waals surface area contributed by atoms with Gasteiger partial charge in [0.25, 0.3) is 0 Å². The van der Waals surface area contributed by atoms with Crippen LogP contribution < -0.4 is 5.32 Å². The molecule has 1 aromatic heterocycles. The van der Waals surface area contributed by atoms with Gasteiger partial charge in [-0.2, -0.15) is 0 Å². The van der Waals surface area contributed by atoms with E-state index in [2.05, 4.69) is 15.2 Å². The molecule has 0 aromatic carbocycles. The number of hydrogen-bond acceptors (Lipinski definition) is 4. The Morgan fingerprint density at radius 3 is 3.05 bits per heavy atom. The minimum Gasteiger partial charge on any atom is -0.353 e. The van der Waals surface area contributed by atoms with Crippen molar-refractivity contribution in [1.29, 1.82) is 0 Å². The van der Waals surface area contributed by atoms with Crippen LogP contribution in [0.25, 0.3) is 0 Å². The Kier molecular flexibility index (Phi) is 4.81. The molecule has 0 radical (unpaired) electrons. The van der Waals surface area contributed by atoms with E-state index < -0.39 is 5.54 Å². The normalized spacial score (nSPS) is 19.4. The molecule has 0 spiro atoms. The number of nitrogens with zero attached hydrogens (tertiary/aromatic N) is 2. The summed E-state index contributed by atoms with van der Waals surface area (Å²) in [4.78, 5) is 18.5. The Labute approximate surface area is 123 Å². The van der Waals surface area contributed by atoms with Gasteiger partial charge in [0.1, 0.15) is 0 Å². The van der Waals surface area contributed by atoms with Crippen molar-refractivity contribution in [2.75, 3.05) is 19.6 Å². The summed E-state index contributed by atoms with van der Waals surface area (Å²) in [5, 5.41) is 6.06. The number of amides is 1. The largest absolute Gasteiger partial charge is 0.353 e. The summed E-state index contributed by atoms with van der Waals surface area (Å²) in [5.41, 5.74) is 0.557. The molecule has 1 aliphatic rings. The van der Waals surface area contributed by atoms with Crippen LogP contribution >= 0.6 is 22.9 Å². The lowest BCUT2D eigenvalue weighted by molar-refractivity contribution is -0.135. The van der Waals surface area contributed by atoms with Crippen molar-refractivity contribution in [1.82, 2.24) is 15.2 Å². The number of hydrogen-bond donors (Lipinski definition) is 1. The number of nitrogens with one attached hydrogen (secondary N) is 1. The van der Waals surface area contributed by atoms with Gasteiger partial charge in [-0.05, 0) is 26.8 Å². The molecule has 6 heteroatoms. The molecule has 1 amide bonds. The fourth-order valence-electron chi connectivity index (χ4n) is 2.28. The lowest BCUT2D eigenvalue weighted by Crippen LogP contribution is -2.61. The van der Waals surface area contributed by atoms with Gasteiger partial charge in [0.05, 0.1) is 22.1 Å². The van der Waals surface area contributed by atoms with Crippen LogP contribution in [0.2, 0.25) is 0 Å². The highest BCUT2D eigenvalue weighted by Crippen LogP contribution is 2.19. The number of alkyl halides is 1. The maximum absolute atomic E-state index is 11.8. The molecule has 1 aliphatic heterocycles. The SMILES string of the molecule is CC1(C)C(=O)NCCN1CCCc1nc(CCl)cs1. The third kappa shape index (κ3) is 3.46. The van der Waals surface area contributed by atoms with Crippen LogP contribution in [0.3, 0.4) is 0 Å². The second-order valence-corrected chi connectivity index (χ2v) is 6.48. The van der Waals surface area contributed by atoms with Crippen molar-refractivity contribution in [3.63, 3.8) is 0 Å². The third-order valence-electron chi connectivity index (χ3n) is 3.57. The predicted molar refractivity (Wildman–Crippen MR) is 78.7 cm³/mol. The Bertz CT molecular complexity index is 447. The van der Waals surface area contributed by atoms with E-state index in [1.807, 2.05) is 19.2 Å². The molecular weight excluding hydrogens is 282 g/mol. The number of aromatic nitrogens is 1. The lowest BCUT2D eigenvalue weighted by atomic mass is 9.98. The predicted octanol–water partition coefficient (Wildman–Crippen LogP) is 2.02. The molecule has 2 rings (SSSR count). The van der Waals surface area contributed by atoms with Gasteiger partial charge in [0.2, 0.25) is 5.91 Å². The molecule has 106 valence electrons. The summed E-state index contributed by atoms with van der Waals surface area (Å²) < 4.78 is 0. The molecule has 4 nitrogen and oxygen atoms in total. The van der Waals surface area contributed by atoms with E-state index in [0.29, 0.717) is 5.88 Å². The average Bonchev–Trinajstić information content (AvgIpc) is 2.83. The Morgan fingerprint density at radius 1 is 1.58 bits per heavy atom. The molecule has 19 heavy (non-hydrogen) atoms. The first kappa shape index (κ1) is 14.8. The number of aryl methyl sites for hydroxylation is 1. The Hall–Kier alpha value is -0.650. The first-order valence-corrected chi connectivity index (χ1v) is 7.98. The zero-order chi connectivity index (χ0) is 13.9. The summed E-state index contributed by atoms with van der Waals surface area (Å²) in [7, 11) is 0. The highest BCUT2D eigenvalue weighted by molar-refractivity contribution is 7.09. The average molecular weight is 302 g/mol. The summed E-state index contributed by atoms with van der Waals surface area (Å²) in [6.07, 6.45) is 1.97. The number of rotatable bonds is 5. The molecule has 1 saturated heterocycles. The Balaban J connectivity index is 1.83. The molecule has 1 aromatic rings. The number of thiazole rings is 1. The van der Waals surface area contributed by atoms with Gasteiger partial charge >= 0.3 is 0 Å².